The van der Waals surface area contributed by atoms with E-state index in [1.807, 2.05) is 55.5 Å². The number of allylic oxidation sites excluding steroid dienone is 1. The first-order chi connectivity index (χ1) is 13.7. The second-order valence-electron chi connectivity index (χ2n) is 8.24. The summed E-state index contributed by atoms with van der Waals surface area (Å²) in [5.74, 6) is -0.612. The topological polar surface area (TPSA) is 49.8 Å². The lowest BCUT2D eigenvalue weighted by molar-refractivity contribution is -0.168. The van der Waals surface area contributed by atoms with Crippen molar-refractivity contribution in [2.75, 3.05) is 0 Å². The number of hydrogen-bond acceptors (Lipinski definition) is 4. The summed E-state index contributed by atoms with van der Waals surface area (Å²) in [6, 6.07) is 19.7. The van der Waals surface area contributed by atoms with E-state index in [1.54, 1.807) is 20.8 Å². The van der Waals surface area contributed by atoms with Gasteiger partial charge in [0.05, 0.1) is 6.04 Å². The van der Waals surface area contributed by atoms with Crippen LogP contribution >= 0.6 is 0 Å². The summed E-state index contributed by atoms with van der Waals surface area (Å²) in [6.45, 7) is 9.98. The molecule has 0 saturated carbocycles. The number of nitrogens with zero attached hydrogens (tertiary/aromatic N) is 1. The van der Waals surface area contributed by atoms with Crippen molar-refractivity contribution in [2.45, 2.75) is 65.0 Å². The minimum Gasteiger partial charge on any atom is -0.458 e. The number of carbonyl (C=O) groups excluding carboxylic acids is 1. The molecule has 3 atom stereocenters. The molecule has 0 amide bonds. The van der Waals surface area contributed by atoms with Crippen LogP contribution in [0.3, 0.4) is 0 Å². The molecule has 0 fully saturated rings. The van der Waals surface area contributed by atoms with E-state index in [1.165, 1.54) is 0 Å². The average molecular weight is 396 g/mol. The lowest BCUT2D eigenvalue weighted by atomic mass is 10.00. The Morgan fingerprint density at radius 2 is 1.62 bits per heavy atom. The van der Waals surface area contributed by atoms with Crippen LogP contribution in [0.5, 0.6) is 0 Å². The molecule has 0 saturated heterocycles. The van der Waals surface area contributed by atoms with Crippen LogP contribution in [0, 0.1) is 0 Å². The van der Waals surface area contributed by atoms with Gasteiger partial charge in [-0.15, -0.1) is 0 Å². The van der Waals surface area contributed by atoms with Crippen molar-refractivity contribution in [1.82, 2.24) is 4.90 Å². The molecule has 4 heteroatoms. The van der Waals surface area contributed by atoms with Gasteiger partial charge in [-0.05, 0) is 45.7 Å². The van der Waals surface area contributed by atoms with E-state index in [-0.39, 0.29) is 6.04 Å². The van der Waals surface area contributed by atoms with Crippen LogP contribution in [0.2, 0.25) is 0 Å². The second-order valence-corrected chi connectivity index (χ2v) is 8.24. The number of rotatable bonds is 8. The zero-order valence-corrected chi connectivity index (χ0v) is 18.1. The van der Waals surface area contributed by atoms with Crippen LogP contribution in [0.4, 0.5) is 0 Å². The summed E-state index contributed by atoms with van der Waals surface area (Å²) in [5, 5.41) is 10.9. The molecule has 1 N–H and O–H groups in total. The standard InChI is InChI=1S/C25H33NO3/c1-6-13-22(23(27)24(28)29-25(3,4)5)26(18-20-14-9-7-10-15-20)19(2)21-16-11-8-12-17-21/h6-17,19,22-23,27H,18H2,1-5H3/b13-6+/t19-,22-,23+/m1/s1. The Labute approximate surface area is 174 Å². The summed E-state index contributed by atoms with van der Waals surface area (Å²) < 4.78 is 5.46. The van der Waals surface area contributed by atoms with Crippen molar-refractivity contribution in [3.05, 3.63) is 83.9 Å². The van der Waals surface area contributed by atoms with Crippen LogP contribution in [-0.2, 0) is 16.1 Å². The van der Waals surface area contributed by atoms with Crippen LogP contribution in [0.25, 0.3) is 0 Å². The van der Waals surface area contributed by atoms with Crippen molar-refractivity contribution >= 4 is 5.97 Å². The molecule has 0 spiro atoms. The van der Waals surface area contributed by atoms with E-state index in [0.29, 0.717) is 6.54 Å². The first-order valence-corrected chi connectivity index (χ1v) is 10.1. The Hall–Kier alpha value is -2.43. The Kier molecular flexibility index (Phi) is 8.18. The SMILES string of the molecule is C/C=C/[C@H]([C@H](O)C(=O)OC(C)(C)C)N(Cc1ccccc1)[C@H](C)c1ccccc1. The molecule has 0 heterocycles. The van der Waals surface area contributed by atoms with Gasteiger partial charge in [-0.1, -0.05) is 72.8 Å². The highest BCUT2D eigenvalue weighted by atomic mass is 16.6. The van der Waals surface area contributed by atoms with Gasteiger partial charge in [0.1, 0.15) is 5.60 Å². The van der Waals surface area contributed by atoms with Gasteiger partial charge in [-0.25, -0.2) is 4.79 Å². The number of carbonyl (C=O) groups is 1. The van der Waals surface area contributed by atoms with Crippen LogP contribution in [0.15, 0.2) is 72.8 Å². The molecule has 0 aliphatic carbocycles. The predicted molar refractivity (Wildman–Crippen MR) is 117 cm³/mol. The zero-order chi connectivity index (χ0) is 21.4. The first kappa shape index (κ1) is 22.9. The lowest BCUT2D eigenvalue weighted by Crippen LogP contribution is -2.48. The molecule has 2 aromatic carbocycles. The van der Waals surface area contributed by atoms with Gasteiger partial charge in [0.15, 0.2) is 6.10 Å². The minimum absolute atomic E-state index is 0.0188. The monoisotopic (exact) mass is 395 g/mol. The van der Waals surface area contributed by atoms with Gasteiger partial charge < -0.3 is 9.84 Å². The molecular weight excluding hydrogens is 362 g/mol. The summed E-state index contributed by atoms with van der Waals surface area (Å²) in [6.07, 6.45) is 2.45. The highest BCUT2D eigenvalue weighted by molar-refractivity contribution is 5.76. The zero-order valence-electron chi connectivity index (χ0n) is 18.1. The van der Waals surface area contributed by atoms with E-state index in [0.717, 1.165) is 11.1 Å². The van der Waals surface area contributed by atoms with E-state index in [4.69, 9.17) is 4.74 Å². The maximum absolute atomic E-state index is 12.7. The molecule has 0 aromatic heterocycles. The molecule has 0 aliphatic heterocycles. The molecule has 4 nitrogen and oxygen atoms in total. The highest BCUT2D eigenvalue weighted by Crippen LogP contribution is 2.27. The normalized spacial score (nSPS) is 15.3. The van der Waals surface area contributed by atoms with Gasteiger partial charge in [0, 0.05) is 12.6 Å². The van der Waals surface area contributed by atoms with E-state index >= 15 is 0 Å². The molecule has 0 unspecified atom stereocenters. The average Bonchev–Trinajstić information content (AvgIpc) is 2.69. The van der Waals surface area contributed by atoms with Crippen molar-refractivity contribution < 1.29 is 14.6 Å². The van der Waals surface area contributed by atoms with Crippen molar-refractivity contribution in [2.24, 2.45) is 0 Å². The summed E-state index contributed by atoms with van der Waals surface area (Å²) in [7, 11) is 0. The molecule has 2 aromatic rings. The van der Waals surface area contributed by atoms with Gasteiger partial charge in [0.25, 0.3) is 0 Å². The predicted octanol–water partition coefficient (Wildman–Crippen LogP) is 4.90. The maximum Gasteiger partial charge on any atom is 0.337 e. The van der Waals surface area contributed by atoms with Gasteiger partial charge in [0.2, 0.25) is 0 Å². The summed E-state index contributed by atoms with van der Waals surface area (Å²) >= 11 is 0. The minimum atomic E-state index is -1.29. The fourth-order valence-electron chi connectivity index (χ4n) is 3.31. The van der Waals surface area contributed by atoms with Gasteiger partial charge in [-0.3, -0.25) is 4.90 Å². The molecular formula is C25H33NO3. The maximum atomic E-state index is 12.7. The molecule has 0 radical (unpaired) electrons. The number of ether oxygens (including phenoxy) is 1. The third-order valence-electron chi connectivity index (χ3n) is 4.73. The molecule has 0 aliphatic rings. The number of hydrogen-bond donors (Lipinski definition) is 1. The molecule has 0 bridgehead atoms. The Morgan fingerprint density at radius 1 is 1.07 bits per heavy atom. The van der Waals surface area contributed by atoms with Crippen LogP contribution < -0.4 is 0 Å². The molecule has 2 rings (SSSR count). The Bertz CT molecular complexity index is 781. The number of aliphatic hydroxyl groups excluding tert-OH is 1. The van der Waals surface area contributed by atoms with Crippen molar-refractivity contribution in [3.63, 3.8) is 0 Å². The fraction of sp³-hybridized carbons (Fsp3) is 0.400. The fourth-order valence-corrected chi connectivity index (χ4v) is 3.31. The lowest BCUT2D eigenvalue weighted by Gasteiger charge is -2.37. The quantitative estimate of drug-likeness (QED) is 0.510. The Balaban J connectivity index is 2.40. The number of aliphatic hydroxyl groups is 1. The second kappa shape index (κ2) is 10.4. The molecule has 156 valence electrons. The van der Waals surface area contributed by atoms with Crippen molar-refractivity contribution in [3.8, 4) is 0 Å². The smallest absolute Gasteiger partial charge is 0.337 e. The van der Waals surface area contributed by atoms with E-state index < -0.39 is 23.7 Å². The van der Waals surface area contributed by atoms with Crippen LogP contribution in [0.1, 0.15) is 51.8 Å². The van der Waals surface area contributed by atoms with Gasteiger partial charge >= 0.3 is 5.97 Å². The van der Waals surface area contributed by atoms with E-state index in [9.17, 15) is 9.90 Å². The highest BCUT2D eigenvalue weighted by Gasteiger charge is 2.35. The molecule has 29 heavy (non-hydrogen) atoms. The Morgan fingerprint density at radius 3 is 2.14 bits per heavy atom. The number of esters is 1. The summed E-state index contributed by atoms with van der Waals surface area (Å²) in [5.41, 5.74) is 1.57. The third kappa shape index (κ3) is 6.84. The largest absolute Gasteiger partial charge is 0.458 e. The van der Waals surface area contributed by atoms with Gasteiger partial charge in [-0.2, -0.15) is 0 Å². The summed E-state index contributed by atoms with van der Waals surface area (Å²) in [4.78, 5) is 14.8. The first-order valence-electron chi connectivity index (χ1n) is 10.1. The van der Waals surface area contributed by atoms with E-state index in [2.05, 4.69) is 36.1 Å². The van der Waals surface area contributed by atoms with Crippen molar-refractivity contribution in [1.29, 1.82) is 0 Å². The third-order valence-corrected chi connectivity index (χ3v) is 4.73. The number of benzene rings is 2. The van der Waals surface area contributed by atoms with Crippen LogP contribution in [-0.4, -0.2) is 33.7 Å².